The number of imidazole rings is 1. The van der Waals surface area contributed by atoms with Gasteiger partial charge < -0.3 is 10.1 Å². The molecule has 1 aliphatic rings. The number of aromatic nitrogens is 4. The maximum atomic E-state index is 6.11. The highest BCUT2D eigenvalue weighted by Gasteiger charge is 2.19. The van der Waals surface area contributed by atoms with Crippen LogP contribution in [0.1, 0.15) is 17.6 Å². The van der Waals surface area contributed by atoms with Gasteiger partial charge in [0.25, 0.3) is 0 Å². The van der Waals surface area contributed by atoms with Gasteiger partial charge in [-0.05, 0) is 25.1 Å². The van der Waals surface area contributed by atoms with E-state index in [9.17, 15) is 0 Å². The lowest BCUT2D eigenvalue weighted by Gasteiger charge is -2.23. The van der Waals surface area contributed by atoms with Crippen LogP contribution in [-0.4, -0.2) is 39.1 Å². The number of halogens is 1. The normalized spacial score (nSPS) is 18.4. The second-order valence-electron chi connectivity index (χ2n) is 5.53. The van der Waals surface area contributed by atoms with E-state index in [-0.39, 0.29) is 6.04 Å². The molecule has 118 valence electrons. The van der Waals surface area contributed by atoms with E-state index in [0.717, 1.165) is 41.7 Å². The Bertz CT molecular complexity index is 857. The van der Waals surface area contributed by atoms with Crippen molar-refractivity contribution in [3.05, 3.63) is 47.1 Å². The van der Waals surface area contributed by atoms with Crippen molar-refractivity contribution >= 4 is 17.2 Å². The molecule has 4 heterocycles. The molecule has 0 radical (unpaired) electrons. The topological polar surface area (TPSA) is 64.3 Å². The predicted molar refractivity (Wildman–Crippen MR) is 87.5 cm³/mol. The first kappa shape index (κ1) is 14.6. The van der Waals surface area contributed by atoms with E-state index in [4.69, 9.17) is 16.3 Å². The van der Waals surface area contributed by atoms with E-state index in [0.29, 0.717) is 11.6 Å². The van der Waals surface area contributed by atoms with Crippen LogP contribution in [-0.2, 0) is 4.74 Å². The Hall–Kier alpha value is -2.02. The van der Waals surface area contributed by atoms with Gasteiger partial charge in [0.2, 0.25) is 0 Å². The minimum Gasteiger partial charge on any atom is -0.378 e. The Balaban J connectivity index is 1.81. The van der Waals surface area contributed by atoms with Crippen LogP contribution in [0.3, 0.4) is 0 Å². The van der Waals surface area contributed by atoms with E-state index in [2.05, 4.69) is 20.3 Å². The molecule has 4 rings (SSSR count). The molecule has 0 aliphatic carbocycles. The summed E-state index contributed by atoms with van der Waals surface area (Å²) in [7, 11) is 0. The predicted octanol–water partition coefficient (Wildman–Crippen LogP) is 2.41. The Morgan fingerprint density at radius 2 is 2.26 bits per heavy atom. The minimum absolute atomic E-state index is 0.0898. The zero-order valence-corrected chi connectivity index (χ0v) is 13.4. The lowest BCUT2D eigenvalue weighted by molar-refractivity contribution is 0.0755. The standard InChI is InChI=1S/C16H16ClN5O/c1-10-20-12(14-9-23-5-4-18-14)6-13(21-10)15-7-19-16-3-2-11(17)8-22(15)16/h2-3,6-8,14,18H,4-5,9H2,1H3. The van der Waals surface area contributed by atoms with Gasteiger partial charge in [0.15, 0.2) is 0 Å². The number of fused-ring (bicyclic) bond motifs is 1. The maximum absolute atomic E-state index is 6.11. The third kappa shape index (κ3) is 2.81. The first-order valence-corrected chi connectivity index (χ1v) is 7.88. The number of aryl methyl sites for hydroxylation is 1. The van der Waals surface area contributed by atoms with Crippen LogP contribution in [0.4, 0.5) is 0 Å². The van der Waals surface area contributed by atoms with Crippen molar-refractivity contribution in [1.29, 1.82) is 0 Å². The van der Waals surface area contributed by atoms with E-state index in [1.54, 1.807) is 0 Å². The van der Waals surface area contributed by atoms with Gasteiger partial charge in [0.05, 0.1) is 47.6 Å². The van der Waals surface area contributed by atoms with Crippen molar-refractivity contribution < 1.29 is 4.74 Å². The smallest absolute Gasteiger partial charge is 0.137 e. The van der Waals surface area contributed by atoms with E-state index < -0.39 is 0 Å². The van der Waals surface area contributed by atoms with Gasteiger partial charge in [-0.3, -0.25) is 4.40 Å². The molecule has 0 aromatic carbocycles. The molecule has 6 nitrogen and oxygen atoms in total. The third-order valence-corrected chi connectivity index (χ3v) is 4.09. The third-order valence-electron chi connectivity index (χ3n) is 3.87. The van der Waals surface area contributed by atoms with Crippen LogP contribution < -0.4 is 5.32 Å². The zero-order valence-electron chi connectivity index (χ0n) is 12.7. The zero-order chi connectivity index (χ0) is 15.8. The van der Waals surface area contributed by atoms with Gasteiger partial charge in [-0.15, -0.1) is 0 Å². The summed E-state index contributed by atoms with van der Waals surface area (Å²) in [6.45, 7) is 4.08. The second kappa shape index (κ2) is 5.88. The molecule has 1 saturated heterocycles. The van der Waals surface area contributed by atoms with Gasteiger partial charge in [-0.1, -0.05) is 11.6 Å². The average Bonchev–Trinajstić information content (AvgIpc) is 2.98. The molecule has 1 fully saturated rings. The molecule has 7 heteroatoms. The van der Waals surface area contributed by atoms with Crippen LogP contribution >= 0.6 is 11.6 Å². The molecule has 3 aromatic heterocycles. The molecule has 0 spiro atoms. The summed E-state index contributed by atoms with van der Waals surface area (Å²) >= 11 is 6.11. The van der Waals surface area contributed by atoms with Crippen LogP contribution in [0.5, 0.6) is 0 Å². The van der Waals surface area contributed by atoms with E-state index in [1.807, 2.05) is 41.9 Å². The number of rotatable bonds is 2. The van der Waals surface area contributed by atoms with Crippen molar-refractivity contribution in [2.45, 2.75) is 13.0 Å². The SMILES string of the molecule is Cc1nc(-c2cnc3ccc(Cl)cn23)cc(C2COCCN2)n1. The molecule has 1 atom stereocenters. The fourth-order valence-corrected chi connectivity index (χ4v) is 2.96. The summed E-state index contributed by atoms with van der Waals surface area (Å²) in [6, 6.07) is 5.79. The summed E-state index contributed by atoms with van der Waals surface area (Å²) in [5.41, 5.74) is 3.49. The summed E-state index contributed by atoms with van der Waals surface area (Å²) in [5.74, 6) is 0.724. The molecule has 3 aromatic rings. The molecular formula is C16H16ClN5O. The minimum atomic E-state index is 0.0898. The number of ether oxygens (including phenoxy) is 1. The van der Waals surface area contributed by atoms with Crippen LogP contribution in [0.25, 0.3) is 17.0 Å². The van der Waals surface area contributed by atoms with Crippen molar-refractivity contribution in [1.82, 2.24) is 24.7 Å². The van der Waals surface area contributed by atoms with Crippen LogP contribution in [0.2, 0.25) is 5.02 Å². The summed E-state index contributed by atoms with van der Waals surface area (Å²) in [5, 5.41) is 4.08. The highest BCUT2D eigenvalue weighted by molar-refractivity contribution is 6.30. The molecule has 1 N–H and O–H groups in total. The lowest BCUT2D eigenvalue weighted by Crippen LogP contribution is -2.35. The van der Waals surface area contributed by atoms with Crippen molar-refractivity contribution in [2.24, 2.45) is 0 Å². The fraction of sp³-hybridized carbons (Fsp3) is 0.312. The highest BCUT2D eigenvalue weighted by atomic mass is 35.5. The summed E-state index contributed by atoms with van der Waals surface area (Å²) < 4.78 is 7.48. The van der Waals surface area contributed by atoms with Gasteiger partial charge in [-0.2, -0.15) is 0 Å². The number of hydrogen-bond donors (Lipinski definition) is 1. The Kier molecular flexibility index (Phi) is 3.72. The lowest BCUT2D eigenvalue weighted by atomic mass is 10.1. The van der Waals surface area contributed by atoms with Gasteiger partial charge in [-0.25, -0.2) is 15.0 Å². The molecule has 0 saturated carbocycles. The first-order chi connectivity index (χ1) is 11.2. The van der Waals surface area contributed by atoms with Gasteiger partial charge in [0, 0.05) is 12.7 Å². The van der Waals surface area contributed by atoms with Crippen LogP contribution in [0, 0.1) is 6.92 Å². The van der Waals surface area contributed by atoms with E-state index >= 15 is 0 Å². The molecular weight excluding hydrogens is 314 g/mol. The Morgan fingerprint density at radius 3 is 3.09 bits per heavy atom. The van der Waals surface area contributed by atoms with Gasteiger partial charge in [0.1, 0.15) is 11.5 Å². The average molecular weight is 330 g/mol. The number of nitrogens with zero attached hydrogens (tertiary/aromatic N) is 4. The quantitative estimate of drug-likeness (QED) is 0.782. The molecule has 23 heavy (non-hydrogen) atoms. The second-order valence-corrected chi connectivity index (χ2v) is 5.96. The van der Waals surface area contributed by atoms with Crippen molar-refractivity contribution in [2.75, 3.05) is 19.8 Å². The number of morpholine rings is 1. The van der Waals surface area contributed by atoms with Gasteiger partial charge >= 0.3 is 0 Å². The monoisotopic (exact) mass is 329 g/mol. The number of hydrogen-bond acceptors (Lipinski definition) is 5. The number of nitrogens with one attached hydrogen (secondary N) is 1. The highest BCUT2D eigenvalue weighted by Crippen LogP contribution is 2.24. The molecule has 0 bridgehead atoms. The Labute approximate surface area is 138 Å². The van der Waals surface area contributed by atoms with E-state index in [1.165, 1.54) is 0 Å². The first-order valence-electron chi connectivity index (χ1n) is 7.50. The molecule has 1 unspecified atom stereocenters. The Morgan fingerprint density at radius 1 is 1.35 bits per heavy atom. The van der Waals surface area contributed by atoms with Crippen molar-refractivity contribution in [3.63, 3.8) is 0 Å². The van der Waals surface area contributed by atoms with Crippen molar-refractivity contribution in [3.8, 4) is 11.4 Å². The number of pyridine rings is 1. The summed E-state index contributed by atoms with van der Waals surface area (Å²) in [6.07, 6.45) is 3.65. The maximum Gasteiger partial charge on any atom is 0.137 e. The fourth-order valence-electron chi connectivity index (χ4n) is 2.80. The van der Waals surface area contributed by atoms with Crippen LogP contribution in [0.15, 0.2) is 30.6 Å². The molecule has 0 amide bonds. The summed E-state index contributed by atoms with van der Waals surface area (Å²) in [4.78, 5) is 13.5. The largest absolute Gasteiger partial charge is 0.378 e. The molecule has 1 aliphatic heterocycles.